The number of aliphatic hydroxyl groups is 1. The molecule has 0 aliphatic rings. The molecular weight excluding hydrogens is 432 g/mol. The van der Waals surface area contributed by atoms with Crippen molar-refractivity contribution in [3.8, 4) is 0 Å². The van der Waals surface area contributed by atoms with E-state index in [1.165, 1.54) is 11.5 Å². The van der Waals surface area contributed by atoms with Crippen molar-refractivity contribution < 1.29 is 13.5 Å². The summed E-state index contributed by atoms with van der Waals surface area (Å²) in [6, 6.07) is 12.2. The lowest BCUT2D eigenvalue weighted by Gasteiger charge is -2.25. The predicted molar refractivity (Wildman–Crippen MR) is 124 cm³/mol. The number of nitrogens with zero attached hydrogens (tertiary/aromatic N) is 2. The predicted octanol–water partition coefficient (Wildman–Crippen LogP) is 3.01. The van der Waals surface area contributed by atoms with Crippen molar-refractivity contribution in [1.82, 2.24) is 19.4 Å². The number of aromatic nitrogens is 2. The van der Waals surface area contributed by atoms with Crippen LogP contribution in [0.15, 0.2) is 66.0 Å². The average molecular weight is 457 g/mol. The molecule has 4 rings (SSSR count). The maximum atomic E-state index is 12.8. The van der Waals surface area contributed by atoms with Gasteiger partial charge in [0.2, 0.25) is 10.0 Å². The van der Waals surface area contributed by atoms with E-state index in [1.54, 1.807) is 56.7 Å². The van der Waals surface area contributed by atoms with Crippen LogP contribution in [0.4, 0.5) is 0 Å². The first-order valence-corrected chi connectivity index (χ1v) is 12.1. The van der Waals surface area contributed by atoms with Crippen molar-refractivity contribution in [3.63, 3.8) is 0 Å². The number of pyridine rings is 1. The Morgan fingerprint density at radius 3 is 2.77 bits per heavy atom. The molecule has 0 bridgehead atoms. The molecule has 1 unspecified atom stereocenters. The van der Waals surface area contributed by atoms with Crippen LogP contribution >= 0.6 is 11.5 Å². The van der Waals surface area contributed by atoms with Crippen molar-refractivity contribution in [2.75, 3.05) is 13.1 Å². The highest BCUT2D eigenvalue weighted by Gasteiger charge is 2.24. The minimum atomic E-state index is -3.67. The molecule has 4 aromatic rings. The van der Waals surface area contributed by atoms with Gasteiger partial charge in [0.25, 0.3) is 0 Å². The summed E-state index contributed by atoms with van der Waals surface area (Å²) in [5.74, 6) is 0. The standard InChI is InChI=1S/C22H24N4O3S2/c1-15(26-31(28,29)20-5-3-17-12-23-8-7-16(17)10-20)11-24-14-22(2,27)19-4-6-21-18(9-19)13-25-30-21/h3-10,12-13,15,24,26-27H,11,14H2,1-2H3/t15-,22?/m1/s1. The quantitative estimate of drug-likeness (QED) is 0.377. The second-order valence-corrected chi connectivity index (χ2v) is 10.4. The zero-order valence-electron chi connectivity index (χ0n) is 17.2. The smallest absolute Gasteiger partial charge is 0.240 e. The molecule has 2 heterocycles. The van der Waals surface area contributed by atoms with Gasteiger partial charge >= 0.3 is 0 Å². The summed E-state index contributed by atoms with van der Waals surface area (Å²) in [5, 5.41) is 16.8. The molecule has 162 valence electrons. The summed E-state index contributed by atoms with van der Waals surface area (Å²) in [5.41, 5.74) is -0.312. The lowest BCUT2D eigenvalue weighted by atomic mass is 9.95. The monoisotopic (exact) mass is 456 g/mol. The van der Waals surface area contributed by atoms with Crippen LogP contribution in [-0.2, 0) is 15.6 Å². The molecule has 7 nitrogen and oxygen atoms in total. The number of hydrogen-bond acceptors (Lipinski definition) is 7. The Labute approximate surface area is 185 Å². The summed E-state index contributed by atoms with van der Waals surface area (Å²) in [6.45, 7) is 4.17. The van der Waals surface area contributed by atoms with Crippen LogP contribution in [0.2, 0.25) is 0 Å². The van der Waals surface area contributed by atoms with Gasteiger partial charge in [-0.3, -0.25) is 4.98 Å². The van der Waals surface area contributed by atoms with Gasteiger partial charge < -0.3 is 10.4 Å². The average Bonchev–Trinajstić information content (AvgIpc) is 3.21. The molecule has 0 fully saturated rings. The highest BCUT2D eigenvalue weighted by molar-refractivity contribution is 7.89. The van der Waals surface area contributed by atoms with Gasteiger partial charge in [0.05, 0.1) is 15.2 Å². The highest BCUT2D eigenvalue weighted by atomic mass is 32.2. The number of rotatable bonds is 8. The number of fused-ring (bicyclic) bond motifs is 2. The highest BCUT2D eigenvalue weighted by Crippen LogP contribution is 2.26. The van der Waals surface area contributed by atoms with E-state index in [2.05, 4.69) is 19.4 Å². The number of benzene rings is 2. The fraction of sp³-hybridized carbons (Fsp3) is 0.273. The number of sulfonamides is 1. The maximum Gasteiger partial charge on any atom is 0.240 e. The summed E-state index contributed by atoms with van der Waals surface area (Å²) in [6.07, 6.45) is 5.12. The Morgan fingerprint density at radius 1 is 1.10 bits per heavy atom. The van der Waals surface area contributed by atoms with Gasteiger partial charge in [0, 0.05) is 48.5 Å². The molecule has 0 saturated heterocycles. The zero-order chi connectivity index (χ0) is 22.1. The molecule has 3 N–H and O–H groups in total. The number of hydrogen-bond donors (Lipinski definition) is 3. The molecule has 0 aliphatic carbocycles. The molecule has 0 aliphatic heterocycles. The molecule has 9 heteroatoms. The van der Waals surface area contributed by atoms with Crippen LogP contribution < -0.4 is 10.0 Å². The van der Waals surface area contributed by atoms with Crippen LogP contribution in [0.25, 0.3) is 20.9 Å². The van der Waals surface area contributed by atoms with Gasteiger partial charge in [-0.25, -0.2) is 13.1 Å². The molecule has 0 saturated carbocycles. The van der Waals surface area contributed by atoms with E-state index in [9.17, 15) is 13.5 Å². The van der Waals surface area contributed by atoms with Crippen molar-refractivity contribution in [1.29, 1.82) is 0 Å². The Kier molecular flexibility index (Phi) is 6.05. The van der Waals surface area contributed by atoms with Crippen LogP contribution in [0, 0.1) is 0 Å². The van der Waals surface area contributed by atoms with E-state index >= 15 is 0 Å². The third kappa shape index (κ3) is 4.91. The number of nitrogens with one attached hydrogen (secondary N) is 2. The first-order chi connectivity index (χ1) is 14.7. The largest absolute Gasteiger partial charge is 0.384 e. The van der Waals surface area contributed by atoms with Crippen molar-refractivity contribution in [2.45, 2.75) is 30.4 Å². The summed E-state index contributed by atoms with van der Waals surface area (Å²) >= 11 is 1.42. The van der Waals surface area contributed by atoms with Crippen LogP contribution in [-0.4, -0.2) is 42.0 Å². The minimum absolute atomic E-state index is 0.211. The van der Waals surface area contributed by atoms with E-state index in [0.29, 0.717) is 6.54 Å². The van der Waals surface area contributed by atoms with E-state index in [0.717, 1.165) is 26.4 Å². The summed E-state index contributed by atoms with van der Waals surface area (Å²) in [4.78, 5) is 4.26. The SMILES string of the molecule is C[C@H](CNCC(C)(O)c1ccc2sncc2c1)NS(=O)(=O)c1ccc2cnccc2c1. The van der Waals surface area contributed by atoms with Crippen molar-refractivity contribution in [3.05, 3.63) is 66.6 Å². The molecule has 2 aromatic heterocycles. The van der Waals surface area contributed by atoms with Crippen molar-refractivity contribution in [2.24, 2.45) is 0 Å². The maximum absolute atomic E-state index is 12.8. The Morgan fingerprint density at radius 2 is 1.94 bits per heavy atom. The van der Waals surface area contributed by atoms with Gasteiger partial charge in [0.15, 0.2) is 0 Å². The molecule has 0 radical (unpaired) electrons. The molecule has 0 amide bonds. The Bertz CT molecular complexity index is 1320. The van der Waals surface area contributed by atoms with Gasteiger partial charge in [-0.05, 0) is 66.7 Å². The molecule has 0 spiro atoms. The fourth-order valence-corrected chi connectivity index (χ4v) is 5.35. The first-order valence-electron chi connectivity index (χ1n) is 9.89. The molecular formula is C22H24N4O3S2. The van der Waals surface area contributed by atoms with Gasteiger partial charge in [-0.15, -0.1) is 0 Å². The third-order valence-electron chi connectivity index (χ3n) is 5.17. The fourth-order valence-electron chi connectivity index (χ4n) is 3.44. The van der Waals surface area contributed by atoms with Crippen LogP contribution in [0.1, 0.15) is 19.4 Å². The van der Waals surface area contributed by atoms with Gasteiger partial charge in [0.1, 0.15) is 0 Å². The minimum Gasteiger partial charge on any atom is -0.384 e. The van der Waals surface area contributed by atoms with E-state index in [-0.39, 0.29) is 17.5 Å². The third-order valence-corrected chi connectivity index (χ3v) is 7.54. The molecule has 31 heavy (non-hydrogen) atoms. The second kappa shape index (κ2) is 8.60. The van der Waals surface area contributed by atoms with E-state index in [1.807, 2.05) is 18.2 Å². The van der Waals surface area contributed by atoms with E-state index < -0.39 is 15.6 Å². The van der Waals surface area contributed by atoms with Gasteiger partial charge in [-0.2, -0.15) is 4.37 Å². The van der Waals surface area contributed by atoms with E-state index in [4.69, 9.17) is 0 Å². The van der Waals surface area contributed by atoms with Crippen LogP contribution in [0.5, 0.6) is 0 Å². The Balaban J connectivity index is 1.36. The lowest BCUT2D eigenvalue weighted by Crippen LogP contribution is -2.44. The molecule has 2 atom stereocenters. The van der Waals surface area contributed by atoms with Gasteiger partial charge in [-0.1, -0.05) is 12.1 Å². The summed E-state index contributed by atoms with van der Waals surface area (Å²) in [7, 11) is -3.67. The summed E-state index contributed by atoms with van der Waals surface area (Å²) < 4.78 is 33.4. The van der Waals surface area contributed by atoms with Crippen LogP contribution in [0.3, 0.4) is 0 Å². The second-order valence-electron chi connectivity index (χ2n) is 7.89. The lowest BCUT2D eigenvalue weighted by molar-refractivity contribution is 0.0570. The van der Waals surface area contributed by atoms with Crippen molar-refractivity contribution >= 4 is 42.4 Å². The Hall–Kier alpha value is -2.43. The zero-order valence-corrected chi connectivity index (χ0v) is 18.9. The first kappa shape index (κ1) is 21.8. The topological polar surface area (TPSA) is 104 Å². The molecule has 2 aromatic carbocycles. The normalized spacial score (nSPS) is 15.2.